The molecular weight excluding hydrogens is 345 g/mol. The lowest BCUT2D eigenvalue weighted by atomic mass is 10.1. The van der Waals surface area contributed by atoms with Crippen molar-refractivity contribution in [2.24, 2.45) is 0 Å². The normalized spacial score (nSPS) is 12.0. The summed E-state index contributed by atoms with van der Waals surface area (Å²) in [6.07, 6.45) is -3.48. The molecule has 4 nitrogen and oxygen atoms in total. The molecule has 0 heterocycles. The van der Waals surface area contributed by atoms with Crippen LogP contribution in [0.5, 0.6) is 0 Å². The van der Waals surface area contributed by atoms with E-state index in [2.05, 4.69) is 0 Å². The zero-order chi connectivity index (χ0) is 18.0. The van der Waals surface area contributed by atoms with E-state index in [1.54, 1.807) is 0 Å². The molecule has 0 radical (unpaired) electrons. The first kappa shape index (κ1) is 18.0. The predicted molar refractivity (Wildman–Crippen MR) is 80.1 cm³/mol. The third-order valence-electron chi connectivity index (χ3n) is 3.12. The second kappa shape index (κ2) is 6.64. The van der Waals surface area contributed by atoms with E-state index >= 15 is 0 Å². The average Bonchev–Trinajstić information content (AvgIpc) is 2.51. The fraction of sp³-hybridized carbons (Fsp3) is 0.188. The fourth-order valence-electron chi connectivity index (χ4n) is 1.92. The fourth-order valence-corrected chi connectivity index (χ4v) is 2.59. The number of carbonyl (C=O) groups is 1. The summed E-state index contributed by atoms with van der Waals surface area (Å²) in [4.78, 5) is 11.9. The van der Waals surface area contributed by atoms with Crippen molar-refractivity contribution in [2.45, 2.75) is 17.7 Å². The van der Waals surface area contributed by atoms with Crippen LogP contribution in [0, 0.1) is 0 Å². The number of rotatable bonds is 4. The summed E-state index contributed by atoms with van der Waals surface area (Å²) in [7, 11) is -3.48. The van der Waals surface area contributed by atoms with Crippen LogP contribution in [0.4, 0.5) is 13.2 Å². The number of ether oxygens (including phenoxy) is 1. The van der Waals surface area contributed by atoms with E-state index < -0.39 is 27.5 Å². The van der Waals surface area contributed by atoms with Crippen molar-refractivity contribution in [1.29, 1.82) is 0 Å². The number of esters is 1. The summed E-state index contributed by atoms with van der Waals surface area (Å²) in [5.41, 5.74) is -0.655. The molecule has 8 heteroatoms. The first-order chi connectivity index (χ1) is 11.1. The second-order valence-corrected chi connectivity index (χ2v) is 7.09. The number of halogens is 3. The van der Waals surface area contributed by atoms with Gasteiger partial charge < -0.3 is 4.74 Å². The van der Waals surface area contributed by atoms with Crippen molar-refractivity contribution in [3.05, 3.63) is 65.2 Å². The van der Waals surface area contributed by atoms with Crippen LogP contribution in [0.2, 0.25) is 0 Å². The van der Waals surface area contributed by atoms with Crippen LogP contribution in [0.3, 0.4) is 0 Å². The predicted octanol–water partition coefficient (Wildman–Crippen LogP) is 3.47. The quantitative estimate of drug-likeness (QED) is 0.786. The molecule has 0 unspecified atom stereocenters. The molecule has 0 N–H and O–H groups in total. The van der Waals surface area contributed by atoms with Crippen LogP contribution in [0.15, 0.2) is 53.4 Å². The molecule has 2 aromatic rings. The third-order valence-corrected chi connectivity index (χ3v) is 4.23. The lowest BCUT2D eigenvalue weighted by Crippen LogP contribution is -2.08. The monoisotopic (exact) mass is 358 g/mol. The number of carbonyl (C=O) groups excluding carboxylic acids is 1. The van der Waals surface area contributed by atoms with E-state index in [4.69, 9.17) is 4.74 Å². The highest BCUT2D eigenvalue weighted by Gasteiger charge is 2.30. The Labute approximate surface area is 136 Å². The van der Waals surface area contributed by atoms with Gasteiger partial charge in [-0.1, -0.05) is 18.2 Å². The summed E-state index contributed by atoms with van der Waals surface area (Å²) in [5.74, 6) is -0.821. The van der Waals surface area contributed by atoms with Crippen molar-refractivity contribution >= 4 is 15.8 Å². The number of sulfone groups is 1. The van der Waals surface area contributed by atoms with Crippen LogP contribution in [0.1, 0.15) is 21.5 Å². The van der Waals surface area contributed by atoms with Crippen LogP contribution in [0.25, 0.3) is 0 Å². The van der Waals surface area contributed by atoms with E-state index in [-0.39, 0.29) is 22.6 Å². The first-order valence-corrected chi connectivity index (χ1v) is 8.60. The van der Waals surface area contributed by atoms with Gasteiger partial charge in [-0.25, -0.2) is 13.2 Å². The van der Waals surface area contributed by atoms with Gasteiger partial charge in [0.05, 0.1) is 16.0 Å². The van der Waals surface area contributed by atoms with E-state index in [9.17, 15) is 26.4 Å². The van der Waals surface area contributed by atoms with Gasteiger partial charge in [-0.3, -0.25) is 0 Å². The van der Waals surface area contributed by atoms with E-state index in [1.807, 2.05) is 0 Å². The van der Waals surface area contributed by atoms with Gasteiger partial charge >= 0.3 is 12.1 Å². The lowest BCUT2D eigenvalue weighted by molar-refractivity contribution is -0.137. The van der Waals surface area contributed by atoms with Crippen LogP contribution in [-0.4, -0.2) is 20.6 Å². The zero-order valence-corrected chi connectivity index (χ0v) is 13.3. The van der Waals surface area contributed by atoms with E-state index in [0.717, 1.165) is 24.5 Å². The molecule has 0 fully saturated rings. The van der Waals surface area contributed by atoms with Gasteiger partial charge in [0.25, 0.3) is 0 Å². The Morgan fingerprint density at radius 1 is 1.08 bits per heavy atom. The average molecular weight is 358 g/mol. The molecule has 0 aliphatic heterocycles. The standard InChI is InChI=1S/C16H13F3O4S/c1-24(21,22)14-7-3-5-12(9-14)15(20)23-10-11-4-2-6-13(8-11)16(17,18)19/h2-9H,10H2,1H3. The van der Waals surface area contributed by atoms with Gasteiger partial charge in [0.1, 0.15) is 6.61 Å². The van der Waals surface area contributed by atoms with Crippen LogP contribution >= 0.6 is 0 Å². The van der Waals surface area contributed by atoms with Crippen molar-refractivity contribution in [2.75, 3.05) is 6.26 Å². The molecule has 0 saturated carbocycles. The molecule has 128 valence electrons. The Balaban J connectivity index is 2.12. The maximum Gasteiger partial charge on any atom is 0.416 e. The number of hydrogen-bond donors (Lipinski definition) is 0. The maximum atomic E-state index is 12.6. The molecule has 0 aliphatic carbocycles. The molecule has 24 heavy (non-hydrogen) atoms. The molecule has 0 saturated heterocycles. The zero-order valence-electron chi connectivity index (χ0n) is 12.5. The molecule has 0 spiro atoms. The molecular formula is C16H13F3O4S. The van der Waals surface area contributed by atoms with E-state index in [1.165, 1.54) is 30.3 Å². The Morgan fingerprint density at radius 2 is 1.75 bits per heavy atom. The highest BCUT2D eigenvalue weighted by Crippen LogP contribution is 2.29. The third kappa shape index (κ3) is 4.58. The Hall–Kier alpha value is -2.35. The first-order valence-electron chi connectivity index (χ1n) is 6.71. The minimum atomic E-state index is -4.48. The van der Waals surface area contributed by atoms with Crippen molar-refractivity contribution in [3.63, 3.8) is 0 Å². The molecule has 0 aromatic heterocycles. The van der Waals surface area contributed by atoms with Gasteiger partial charge in [0.2, 0.25) is 0 Å². The number of alkyl halides is 3. The lowest BCUT2D eigenvalue weighted by Gasteiger charge is -2.09. The Morgan fingerprint density at radius 3 is 2.38 bits per heavy atom. The SMILES string of the molecule is CS(=O)(=O)c1cccc(C(=O)OCc2cccc(C(F)(F)F)c2)c1. The number of hydrogen-bond acceptors (Lipinski definition) is 4. The summed E-state index contributed by atoms with van der Waals surface area (Å²) in [6, 6.07) is 9.66. The van der Waals surface area contributed by atoms with E-state index in [0.29, 0.717) is 0 Å². The second-order valence-electron chi connectivity index (χ2n) is 5.07. The highest BCUT2D eigenvalue weighted by atomic mass is 32.2. The van der Waals surface area contributed by atoms with Crippen LogP contribution in [-0.2, 0) is 27.4 Å². The highest BCUT2D eigenvalue weighted by molar-refractivity contribution is 7.90. The molecule has 2 rings (SSSR count). The van der Waals surface area contributed by atoms with Gasteiger partial charge in [-0.2, -0.15) is 13.2 Å². The van der Waals surface area contributed by atoms with Gasteiger partial charge in [0.15, 0.2) is 9.84 Å². The number of benzene rings is 2. The smallest absolute Gasteiger partial charge is 0.416 e. The molecule has 2 aromatic carbocycles. The van der Waals surface area contributed by atoms with Crippen LogP contribution < -0.4 is 0 Å². The largest absolute Gasteiger partial charge is 0.457 e. The van der Waals surface area contributed by atoms with Crippen molar-refractivity contribution < 1.29 is 31.1 Å². The molecule has 0 atom stereocenters. The minimum Gasteiger partial charge on any atom is -0.457 e. The summed E-state index contributed by atoms with van der Waals surface area (Å²) in [5, 5.41) is 0. The van der Waals surface area contributed by atoms with Gasteiger partial charge in [0, 0.05) is 6.26 Å². The van der Waals surface area contributed by atoms with Crippen molar-refractivity contribution in [1.82, 2.24) is 0 Å². The topological polar surface area (TPSA) is 60.4 Å². The molecule has 0 bridgehead atoms. The molecule has 0 amide bonds. The summed E-state index contributed by atoms with van der Waals surface area (Å²) in [6.45, 7) is -0.355. The summed E-state index contributed by atoms with van der Waals surface area (Å²) < 4.78 is 65.7. The van der Waals surface area contributed by atoms with Gasteiger partial charge in [-0.05, 0) is 35.9 Å². The van der Waals surface area contributed by atoms with Crippen molar-refractivity contribution in [3.8, 4) is 0 Å². The Bertz CT molecular complexity index is 858. The minimum absolute atomic E-state index is 0.00454. The van der Waals surface area contributed by atoms with Gasteiger partial charge in [-0.15, -0.1) is 0 Å². The summed E-state index contributed by atoms with van der Waals surface area (Å²) >= 11 is 0. The maximum absolute atomic E-state index is 12.6. The Kier molecular flexibility index (Phi) is 4.98. The molecule has 0 aliphatic rings.